The number of nitrogens with zero attached hydrogens (tertiary/aromatic N) is 2. The molecule has 3 nitrogen and oxygen atoms in total. The SMILES string of the molecule is CCCCCCCCCOC(CCn1ccnc1)C1CCCCC1. The monoisotopic (exact) mass is 334 g/mol. The summed E-state index contributed by atoms with van der Waals surface area (Å²) in [5, 5.41) is 0. The largest absolute Gasteiger partial charge is 0.378 e. The third kappa shape index (κ3) is 7.83. The van der Waals surface area contributed by atoms with Crippen LogP contribution in [0.2, 0.25) is 0 Å². The lowest BCUT2D eigenvalue weighted by Gasteiger charge is -2.30. The molecule has 138 valence electrons. The zero-order chi connectivity index (χ0) is 16.9. The molecule has 3 heteroatoms. The third-order valence-electron chi connectivity index (χ3n) is 5.49. The lowest BCUT2D eigenvalue weighted by Crippen LogP contribution is -2.28. The van der Waals surface area contributed by atoms with Crippen LogP contribution in [-0.4, -0.2) is 22.3 Å². The second kappa shape index (κ2) is 12.5. The number of aryl methyl sites for hydroxylation is 1. The van der Waals surface area contributed by atoms with E-state index in [0.717, 1.165) is 25.5 Å². The molecule has 0 bridgehead atoms. The van der Waals surface area contributed by atoms with Crippen molar-refractivity contribution in [2.24, 2.45) is 5.92 Å². The second-order valence-electron chi connectivity index (χ2n) is 7.52. The molecule has 1 saturated carbocycles. The molecule has 2 rings (SSSR count). The number of imidazole rings is 1. The van der Waals surface area contributed by atoms with Crippen LogP contribution in [-0.2, 0) is 11.3 Å². The van der Waals surface area contributed by atoms with E-state index in [-0.39, 0.29) is 0 Å². The summed E-state index contributed by atoms with van der Waals surface area (Å²) in [6.07, 6.45) is 23.9. The molecule has 0 amide bonds. The van der Waals surface area contributed by atoms with Crippen LogP contribution in [0.1, 0.15) is 90.4 Å². The van der Waals surface area contributed by atoms with Crippen molar-refractivity contribution in [2.45, 2.75) is 103 Å². The normalized spacial score (nSPS) is 17.2. The van der Waals surface area contributed by atoms with Crippen LogP contribution in [0, 0.1) is 5.92 Å². The van der Waals surface area contributed by atoms with Gasteiger partial charge in [-0.2, -0.15) is 0 Å². The minimum Gasteiger partial charge on any atom is -0.378 e. The number of ether oxygens (including phenoxy) is 1. The molecule has 1 aromatic heterocycles. The average Bonchev–Trinajstić information content (AvgIpc) is 3.14. The van der Waals surface area contributed by atoms with Crippen molar-refractivity contribution in [3.8, 4) is 0 Å². The Labute approximate surface area is 149 Å². The first-order chi connectivity index (χ1) is 11.9. The molecule has 1 aliphatic rings. The highest BCUT2D eigenvalue weighted by molar-refractivity contribution is 4.78. The number of hydrogen-bond donors (Lipinski definition) is 0. The van der Waals surface area contributed by atoms with Crippen molar-refractivity contribution < 1.29 is 4.74 Å². The van der Waals surface area contributed by atoms with Gasteiger partial charge in [0.2, 0.25) is 0 Å². The van der Waals surface area contributed by atoms with Gasteiger partial charge in [0.1, 0.15) is 0 Å². The lowest BCUT2D eigenvalue weighted by molar-refractivity contribution is -0.00890. The Kier molecular flexibility index (Phi) is 10.2. The van der Waals surface area contributed by atoms with Gasteiger partial charge in [-0.25, -0.2) is 4.98 Å². The van der Waals surface area contributed by atoms with E-state index in [0.29, 0.717) is 6.10 Å². The average molecular weight is 335 g/mol. The van der Waals surface area contributed by atoms with Crippen molar-refractivity contribution in [3.63, 3.8) is 0 Å². The highest BCUT2D eigenvalue weighted by Crippen LogP contribution is 2.30. The zero-order valence-corrected chi connectivity index (χ0v) is 15.8. The summed E-state index contributed by atoms with van der Waals surface area (Å²) in [4.78, 5) is 4.15. The first-order valence-electron chi connectivity index (χ1n) is 10.5. The summed E-state index contributed by atoms with van der Waals surface area (Å²) < 4.78 is 8.56. The van der Waals surface area contributed by atoms with Crippen molar-refractivity contribution in [1.82, 2.24) is 9.55 Å². The van der Waals surface area contributed by atoms with E-state index in [1.807, 2.05) is 12.5 Å². The van der Waals surface area contributed by atoms with Gasteiger partial charge >= 0.3 is 0 Å². The summed E-state index contributed by atoms with van der Waals surface area (Å²) in [7, 11) is 0. The maximum atomic E-state index is 6.37. The van der Waals surface area contributed by atoms with Crippen LogP contribution in [0.25, 0.3) is 0 Å². The summed E-state index contributed by atoms with van der Waals surface area (Å²) in [5.41, 5.74) is 0. The van der Waals surface area contributed by atoms with E-state index in [1.54, 1.807) is 0 Å². The predicted octanol–water partition coefficient (Wildman–Crippen LogP) is 5.99. The van der Waals surface area contributed by atoms with E-state index >= 15 is 0 Å². The highest BCUT2D eigenvalue weighted by Gasteiger charge is 2.24. The lowest BCUT2D eigenvalue weighted by atomic mass is 9.84. The molecule has 0 aromatic carbocycles. The van der Waals surface area contributed by atoms with Crippen molar-refractivity contribution in [3.05, 3.63) is 18.7 Å². The Morgan fingerprint density at radius 2 is 1.79 bits per heavy atom. The maximum Gasteiger partial charge on any atom is 0.0945 e. The van der Waals surface area contributed by atoms with Crippen LogP contribution in [0.15, 0.2) is 18.7 Å². The molecule has 1 atom stereocenters. The number of rotatable bonds is 13. The Morgan fingerprint density at radius 1 is 1.04 bits per heavy atom. The Hall–Kier alpha value is -0.830. The minimum absolute atomic E-state index is 0.452. The van der Waals surface area contributed by atoms with Crippen LogP contribution >= 0.6 is 0 Å². The molecule has 1 aliphatic carbocycles. The fraction of sp³-hybridized carbons (Fsp3) is 0.857. The first kappa shape index (κ1) is 19.5. The summed E-state index contributed by atoms with van der Waals surface area (Å²) >= 11 is 0. The van der Waals surface area contributed by atoms with Crippen LogP contribution in [0.4, 0.5) is 0 Å². The van der Waals surface area contributed by atoms with Gasteiger partial charge in [0.15, 0.2) is 0 Å². The Bertz CT molecular complexity index is 385. The molecule has 1 heterocycles. The van der Waals surface area contributed by atoms with Gasteiger partial charge in [-0.15, -0.1) is 0 Å². The fourth-order valence-electron chi connectivity index (χ4n) is 3.95. The van der Waals surface area contributed by atoms with E-state index < -0.39 is 0 Å². The van der Waals surface area contributed by atoms with Crippen LogP contribution < -0.4 is 0 Å². The van der Waals surface area contributed by atoms with Gasteiger partial charge in [0.05, 0.1) is 12.4 Å². The minimum atomic E-state index is 0.452. The molecule has 0 spiro atoms. The Balaban J connectivity index is 1.63. The summed E-state index contributed by atoms with van der Waals surface area (Å²) in [5.74, 6) is 0.784. The smallest absolute Gasteiger partial charge is 0.0945 e. The van der Waals surface area contributed by atoms with E-state index in [2.05, 4.69) is 22.7 Å². The molecule has 0 N–H and O–H groups in total. The van der Waals surface area contributed by atoms with Gasteiger partial charge in [-0.05, 0) is 31.6 Å². The van der Waals surface area contributed by atoms with Crippen molar-refractivity contribution in [2.75, 3.05) is 6.61 Å². The number of unbranched alkanes of at least 4 members (excludes halogenated alkanes) is 6. The van der Waals surface area contributed by atoms with Gasteiger partial charge in [0, 0.05) is 25.5 Å². The maximum absolute atomic E-state index is 6.37. The molecule has 1 fully saturated rings. The summed E-state index contributed by atoms with van der Waals surface area (Å²) in [6, 6.07) is 0. The molecular formula is C21H38N2O. The number of hydrogen-bond acceptors (Lipinski definition) is 2. The van der Waals surface area contributed by atoms with Gasteiger partial charge in [-0.1, -0.05) is 64.7 Å². The van der Waals surface area contributed by atoms with E-state index in [4.69, 9.17) is 4.74 Å². The summed E-state index contributed by atoms with van der Waals surface area (Å²) in [6.45, 7) is 4.28. The highest BCUT2D eigenvalue weighted by atomic mass is 16.5. The third-order valence-corrected chi connectivity index (χ3v) is 5.49. The molecular weight excluding hydrogens is 296 g/mol. The number of aromatic nitrogens is 2. The molecule has 1 unspecified atom stereocenters. The van der Waals surface area contributed by atoms with Gasteiger partial charge < -0.3 is 9.30 Å². The van der Waals surface area contributed by atoms with Crippen LogP contribution in [0.3, 0.4) is 0 Å². The fourth-order valence-corrected chi connectivity index (χ4v) is 3.95. The Morgan fingerprint density at radius 3 is 2.50 bits per heavy atom. The predicted molar refractivity (Wildman–Crippen MR) is 101 cm³/mol. The van der Waals surface area contributed by atoms with Gasteiger partial charge in [0.25, 0.3) is 0 Å². The van der Waals surface area contributed by atoms with Crippen molar-refractivity contribution in [1.29, 1.82) is 0 Å². The second-order valence-corrected chi connectivity index (χ2v) is 7.52. The molecule has 24 heavy (non-hydrogen) atoms. The standard InChI is InChI=1S/C21H38N2O/c1-2-3-4-5-6-7-11-18-24-21(20-12-9-8-10-13-20)14-16-23-17-15-22-19-23/h15,17,19-21H,2-14,16,18H2,1H3. The topological polar surface area (TPSA) is 27.1 Å². The zero-order valence-electron chi connectivity index (χ0n) is 15.8. The quantitative estimate of drug-likeness (QED) is 0.414. The molecule has 1 aromatic rings. The van der Waals surface area contributed by atoms with E-state index in [1.165, 1.54) is 77.0 Å². The van der Waals surface area contributed by atoms with E-state index in [9.17, 15) is 0 Å². The molecule has 0 radical (unpaired) electrons. The van der Waals surface area contributed by atoms with Crippen LogP contribution in [0.5, 0.6) is 0 Å². The van der Waals surface area contributed by atoms with Gasteiger partial charge in [-0.3, -0.25) is 0 Å². The molecule has 0 saturated heterocycles. The van der Waals surface area contributed by atoms with Crippen molar-refractivity contribution >= 4 is 0 Å². The molecule has 0 aliphatic heterocycles. The first-order valence-corrected chi connectivity index (χ1v) is 10.5.